The number of aromatic amines is 2. The number of aromatic nitrogens is 4. The summed E-state index contributed by atoms with van der Waals surface area (Å²) in [6.45, 7) is 0. The number of nitrogens with one attached hydrogen (secondary N) is 2. The topological polar surface area (TPSA) is 135 Å². The van der Waals surface area contributed by atoms with E-state index >= 15 is 0 Å². The van der Waals surface area contributed by atoms with Gasteiger partial charge in [0.2, 0.25) is 0 Å². The van der Waals surface area contributed by atoms with Gasteiger partial charge in [0.1, 0.15) is 23.9 Å². The van der Waals surface area contributed by atoms with Crippen molar-refractivity contribution in [1.82, 2.24) is 19.9 Å². The second kappa shape index (κ2) is 7.73. The quantitative estimate of drug-likeness (QED) is 0.362. The standard InChI is InChI=1S/C20H22N4O6/c1-27-13-5-9-10(6-14(13)28-2)22-19(21-9)17(25)18(26)20-23-11-7-15(29-3)16(30-4)8-12(11)24-20/h5-8,17-18,25-26H,1-4H3,(H,21,22)(H,23,24). The maximum absolute atomic E-state index is 10.7. The number of hydrogen-bond donors (Lipinski definition) is 4. The normalized spacial score (nSPS) is 13.4. The van der Waals surface area contributed by atoms with E-state index in [4.69, 9.17) is 18.9 Å². The highest BCUT2D eigenvalue weighted by atomic mass is 16.5. The van der Waals surface area contributed by atoms with Crippen LogP contribution < -0.4 is 18.9 Å². The molecule has 2 unspecified atom stereocenters. The minimum Gasteiger partial charge on any atom is -0.493 e. The number of H-pyrrole nitrogens is 2. The number of ether oxygens (including phenoxy) is 4. The van der Waals surface area contributed by atoms with Gasteiger partial charge in [0, 0.05) is 24.3 Å². The summed E-state index contributed by atoms with van der Waals surface area (Å²) in [5.74, 6) is 2.44. The van der Waals surface area contributed by atoms with Crippen LogP contribution in [0.15, 0.2) is 24.3 Å². The second-order valence-electron chi connectivity index (χ2n) is 6.58. The minimum absolute atomic E-state index is 0.184. The third kappa shape index (κ3) is 3.25. The van der Waals surface area contributed by atoms with E-state index in [1.807, 2.05) is 0 Å². The molecule has 2 aromatic carbocycles. The number of benzene rings is 2. The average Bonchev–Trinajstić information content (AvgIpc) is 3.38. The summed E-state index contributed by atoms with van der Waals surface area (Å²) in [7, 11) is 6.12. The molecule has 0 saturated heterocycles. The van der Waals surface area contributed by atoms with Crippen molar-refractivity contribution < 1.29 is 29.2 Å². The van der Waals surface area contributed by atoms with E-state index in [0.29, 0.717) is 45.1 Å². The largest absolute Gasteiger partial charge is 0.493 e. The molecule has 0 aliphatic carbocycles. The highest BCUT2D eigenvalue weighted by Crippen LogP contribution is 2.35. The summed E-state index contributed by atoms with van der Waals surface area (Å²) in [4.78, 5) is 14.7. The number of hydrogen-bond acceptors (Lipinski definition) is 8. The van der Waals surface area contributed by atoms with Crippen molar-refractivity contribution in [3.63, 3.8) is 0 Å². The molecule has 4 aromatic rings. The van der Waals surface area contributed by atoms with Crippen LogP contribution in [-0.4, -0.2) is 58.6 Å². The molecule has 0 spiro atoms. The number of nitrogens with zero attached hydrogens (tertiary/aromatic N) is 2. The molecule has 2 heterocycles. The highest BCUT2D eigenvalue weighted by molar-refractivity contribution is 5.81. The molecule has 0 bridgehead atoms. The van der Waals surface area contributed by atoms with Crippen LogP contribution >= 0.6 is 0 Å². The van der Waals surface area contributed by atoms with Gasteiger partial charge in [-0.2, -0.15) is 0 Å². The number of aliphatic hydroxyl groups is 2. The number of rotatable bonds is 7. The van der Waals surface area contributed by atoms with Crippen molar-refractivity contribution in [1.29, 1.82) is 0 Å². The van der Waals surface area contributed by atoms with E-state index in [0.717, 1.165) is 0 Å². The van der Waals surface area contributed by atoms with Crippen molar-refractivity contribution in [2.24, 2.45) is 0 Å². The molecule has 0 radical (unpaired) electrons. The molecule has 0 aliphatic heterocycles. The fraction of sp³-hybridized carbons (Fsp3) is 0.300. The lowest BCUT2D eigenvalue weighted by atomic mass is 10.2. The molecule has 4 rings (SSSR count). The van der Waals surface area contributed by atoms with E-state index < -0.39 is 12.2 Å². The van der Waals surface area contributed by atoms with Crippen LogP contribution in [0.5, 0.6) is 23.0 Å². The summed E-state index contributed by atoms with van der Waals surface area (Å²) in [6.07, 6.45) is -2.70. The van der Waals surface area contributed by atoms with Gasteiger partial charge >= 0.3 is 0 Å². The number of imidazole rings is 2. The van der Waals surface area contributed by atoms with Gasteiger partial charge in [0.15, 0.2) is 23.0 Å². The van der Waals surface area contributed by atoms with Gasteiger partial charge in [-0.1, -0.05) is 0 Å². The molecule has 30 heavy (non-hydrogen) atoms. The van der Waals surface area contributed by atoms with Gasteiger partial charge in [-0.25, -0.2) is 9.97 Å². The Morgan fingerprint density at radius 3 is 1.30 bits per heavy atom. The summed E-state index contributed by atoms with van der Waals surface area (Å²) >= 11 is 0. The lowest BCUT2D eigenvalue weighted by Crippen LogP contribution is -2.13. The van der Waals surface area contributed by atoms with E-state index in [9.17, 15) is 10.2 Å². The van der Waals surface area contributed by atoms with E-state index in [1.54, 1.807) is 24.3 Å². The first kappa shape index (κ1) is 19.8. The van der Waals surface area contributed by atoms with Crippen LogP contribution in [0.4, 0.5) is 0 Å². The van der Waals surface area contributed by atoms with Crippen LogP contribution in [0.25, 0.3) is 22.1 Å². The fourth-order valence-electron chi connectivity index (χ4n) is 3.29. The van der Waals surface area contributed by atoms with Gasteiger partial charge in [-0.15, -0.1) is 0 Å². The Labute approximate surface area is 171 Å². The molecular weight excluding hydrogens is 392 g/mol. The first-order valence-corrected chi connectivity index (χ1v) is 9.08. The Kier molecular flexibility index (Phi) is 5.10. The summed E-state index contributed by atoms with van der Waals surface area (Å²) in [5, 5.41) is 21.4. The molecule has 0 fully saturated rings. The van der Waals surface area contributed by atoms with Crippen molar-refractivity contribution in [2.75, 3.05) is 28.4 Å². The molecule has 0 aliphatic rings. The highest BCUT2D eigenvalue weighted by Gasteiger charge is 2.27. The summed E-state index contributed by atoms with van der Waals surface area (Å²) < 4.78 is 21.1. The van der Waals surface area contributed by atoms with Crippen molar-refractivity contribution in [3.05, 3.63) is 35.9 Å². The monoisotopic (exact) mass is 414 g/mol. The van der Waals surface area contributed by atoms with Gasteiger partial charge in [0.05, 0.1) is 50.5 Å². The maximum atomic E-state index is 10.7. The van der Waals surface area contributed by atoms with Crippen molar-refractivity contribution in [2.45, 2.75) is 12.2 Å². The van der Waals surface area contributed by atoms with Gasteiger partial charge in [0.25, 0.3) is 0 Å². The third-order valence-corrected chi connectivity index (χ3v) is 4.87. The number of fused-ring (bicyclic) bond motifs is 2. The molecule has 10 nitrogen and oxygen atoms in total. The number of aliphatic hydroxyl groups excluding tert-OH is 2. The Balaban J connectivity index is 1.68. The van der Waals surface area contributed by atoms with Crippen LogP contribution in [0.3, 0.4) is 0 Å². The molecule has 10 heteroatoms. The SMILES string of the molecule is COc1cc2nc(C(O)C(O)c3nc4cc(OC)c(OC)cc4[nH]3)[nH]c2cc1OC. The first-order chi connectivity index (χ1) is 14.5. The van der Waals surface area contributed by atoms with E-state index in [-0.39, 0.29) is 11.6 Å². The Morgan fingerprint density at radius 1 is 0.633 bits per heavy atom. The van der Waals surface area contributed by atoms with Crippen LogP contribution in [0, 0.1) is 0 Å². The summed E-state index contributed by atoms with van der Waals surface area (Å²) in [6, 6.07) is 6.80. The molecule has 2 atom stereocenters. The minimum atomic E-state index is -1.35. The van der Waals surface area contributed by atoms with Crippen molar-refractivity contribution in [3.8, 4) is 23.0 Å². The molecule has 4 N–H and O–H groups in total. The predicted molar refractivity (Wildman–Crippen MR) is 108 cm³/mol. The molecule has 0 saturated carbocycles. The Bertz CT molecular complexity index is 1030. The Hall–Kier alpha value is -3.50. The van der Waals surface area contributed by atoms with Gasteiger partial charge in [-0.05, 0) is 0 Å². The average molecular weight is 414 g/mol. The molecular formula is C20H22N4O6. The van der Waals surface area contributed by atoms with Crippen molar-refractivity contribution >= 4 is 22.1 Å². The first-order valence-electron chi connectivity index (χ1n) is 9.08. The molecule has 0 amide bonds. The molecule has 158 valence electrons. The maximum Gasteiger partial charge on any atom is 0.163 e. The summed E-state index contributed by atoms with van der Waals surface area (Å²) in [5.41, 5.74) is 2.39. The van der Waals surface area contributed by atoms with Crippen LogP contribution in [-0.2, 0) is 0 Å². The third-order valence-electron chi connectivity index (χ3n) is 4.87. The van der Waals surface area contributed by atoms with Gasteiger partial charge < -0.3 is 39.1 Å². The van der Waals surface area contributed by atoms with E-state index in [2.05, 4.69) is 19.9 Å². The predicted octanol–water partition coefficient (Wildman–Crippen LogP) is 2.24. The Morgan fingerprint density at radius 2 is 0.967 bits per heavy atom. The lowest BCUT2D eigenvalue weighted by molar-refractivity contribution is 0.00779. The zero-order valence-electron chi connectivity index (χ0n) is 16.9. The zero-order valence-corrected chi connectivity index (χ0v) is 16.9. The lowest BCUT2D eigenvalue weighted by Gasteiger charge is -2.13. The smallest absolute Gasteiger partial charge is 0.163 e. The van der Waals surface area contributed by atoms with Crippen LogP contribution in [0.1, 0.15) is 23.9 Å². The van der Waals surface area contributed by atoms with Crippen LogP contribution in [0.2, 0.25) is 0 Å². The number of methoxy groups -OCH3 is 4. The fourth-order valence-corrected chi connectivity index (χ4v) is 3.29. The zero-order chi connectivity index (χ0) is 21.4. The van der Waals surface area contributed by atoms with Gasteiger partial charge in [-0.3, -0.25) is 0 Å². The molecule has 2 aromatic heterocycles. The van der Waals surface area contributed by atoms with E-state index in [1.165, 1.54) is 28.4 Å². The second-order valence-corrected chi connectivity index (χ2v) is 6.58.